The number of piperidine rings is 1. The Morgan fingerprint density at radius 3 is 3.00 bits per heavy atom. The first-order valence-corrected chi connectivity index (χ1v) is 10.2. The van der Waals surface area contributed by atoms with E-state index in [1.165, 1.54) is 0 Å². The number of hydrogen-bond acceptors (Lipinski definition) is 6. The van der Waals surface area contributed by atoms with Crippen LogP contribution in [0.5, 0.6) is 0 Å². The minimum Gasteiger partial charge on any atom is -0.422 e. The molecule has 0 spiro atoms. The smallest absolute Gasteiger partial charge is 0.299 e. The molecule has 8 heteroatoms. The molecule has 2 fully saturated rings. The first-order valence-electron chi connectivity index (χ1n) is 10.2. The number of amides is 2. The van der Waals surface area contributed by atoms with Gasteiger partial charge < -0.3 is 19.1 Å². The summed E-state index contributed by atoms with van der Waals surface area (Å²) in [6, 6.07) is 4.27. The molecule has 4 heterocycles. The second-order valence-corrected chi connectivity index (χ2v) is 7.68. The van der Waals surface area contributed by atoms with E-state index in [1.807, 2.05) is 17.0 Å². The monoisotopic (exact) mass is 385 g/mol. The molecule has 0 radical (unpaired) electrons. The van der Waals surface area contributed by atoms with Crippen molar-refractivity contribution in [1.29, 1.82) is 0 Å². The molecule has 0 saturated carbocycles. The maximum Gasteiger partial charge on any atom is 0.299 e. The van der Waals surface area contributed by atoms with Crippen LogP contribution in [0, 0.1) is 5.92 Å². The van der Waals surface area contributed by atoms with Gasteiger partial charge in [0.15, 0.2) is 5.58 Å². The van der Waals surface area contributed by atoms with Gasteiger partial charge in [0, 0.05) is 45.3 Å². The molecule has 2 amide bonds. The van der Waals surface area contributed by atoms with Crippen LogP contribution < -0.4 is 4.90 Å². The van der Waals surface area contributed by atoms with Crippen molar-refractivity contribution in [2.75, 3.05) is 44.2 Å². The Bertz CT molecular complexity index is 818. The Labute approximate surface area is 164 Å². The predicted molar refractivity (Wildman–Crippen MR) is 105 cm³/mol. The Morgan fingerprint density at radius 2 is 2.21 bits per heavy atom. The molecular weight excluding hydrogens is 358 g/mol. The van der Waals surface area contributed by atoms with Gasteiger partial charge in [-0.05, 0) is 37.3 Å². The maximum atomic E-state index is 12.7. The van der Waals surface area contributed by atoms with E-state index in [9.17, 15) is 9.59 Å². The molecule has 8 nitrogen and oxygen atoms in total. The molecular formula is C20H27N5O3. The van der Waals surface area contributed by atoms with Crippen LogP contribution in [0.15, 0.2) is 22.7 Å². The number of anilines is 1. The van der Waals surface area contributed by atoms with E-state index in [0.29, 0.717) is 36.8 Å². The molecule has 1 atom stereocenters. The fourth-order valence-corrected chi connectivity index (χ4v) is 4.10. The van der Waals surface area contributed by atoms with Crippen molar-refractivity contribution in [2.24, 2.45) is 5.92 Å². The summed E-state index contributed by atoms with van der Waals surface area (Å²) in [5.41, 5.74) is 1.29. The fraction of sp³-hybridized carbons (Fsp3) is 0.600. The van der Waals surface area contributed by atoms with Gasteiger partial charge in [0.1, 0.15) is 0 Å². The molecule has 0 aromatic carbocycles. The van der Waals surface area contributed by atoms with Crippen molar-refractivity contribution in [1.82, 2.24) is 19.8 Å². The van der Waals surface area contributed by atoms with Crippen LogP contribution in [0.25, 0.3) is 11.2 Å². The summed E-state index contributed by atoms with van der Waals surface area (Å²) in [5.74, 6) is 0.384. The number of rotatable bonds is 5. The van der Waals surface area contributed by atoms with E-state index < -0.39 is 0 Å². The van der Waals surface area contributed by atoms with E-state index in [0.717, 1.165) is 38.9 Å². The number of carbonyl (C=O) groups is 2. The van der Waals surface area contributed by atoms with Crippen LogP contribution in [0.3, 0.4) is 0 Å². The van der Waals surface area contributed by atoms with Gasteiger partial charge in [-0.3, -0.25) is 9.59 Å². The lowest BCUT2D eigenvalue weighted by atomic mass is 9.94. The summed E-state index contributed by atoms with van der Waals surface area (Å²) < 4.78 is 5.83. The van der Waals surface area contributed by atoms with Crippen LogP contribution in [0.1, 0.15) is 32.6 Å². The summed E-state index contributed by atoms with van der Waals surface area (Å²) >= 11 is 0. The molecule has 2 aliphatic heterocycles. The first-order chi connectivity index (χ1) is 13.6. The van der Waals surface area contributed by atoms with Crippen molar-refractivity contribution in [3.05, 3.63) is 18.3 Å². The standard InChI is InChI=1S/C20H27N5O3/c1-2-8-23-10-11-24(14-18(23)27)17(26)12-15-5-4-9-25(13-15)20-22-19-16(28-20)6-3-7-21-19/h3,6-7,15H,2,4-5,8-14H2,1H3. The van der Waals surface area contributed by atoms with Gasteiger partial charge in [-0.15, -0.1) is 0 Å². The van der Waals surface area contributed by atoms with Gasteiger partial charge in [0.05, 0.1) is 6.54 Å². The summed E-state index contributed by atoms with van der Waals surface area (Å²) in [4.78, 5) is 39.3. The average molecular weight is 385 g/mol. The van der Waals surface area contributed by atoms with Crippen molar-refractivity contribution in [3.8, 4) is 0 Å². The van der Waals surface area contributed by atoms with Crippen LogP contribution in [0.4, 0.5) is 6.01 Å². The predicted octanol–water partition coefficient (Wildman–Crippen LogP) is 1.91. The molecule has 0 bridgehead atoms. The Hall–Kier alpha value is -2.64. The van der Waals surface area contributed by atoms with E-state index in [2.05, 4.69) is 21.8 Å². The molecule has 2 aliphatic rings. The molecule has 28 heavy (non-hydrogen) atoms. The molecule has 0 aliphatic carbocycles. The lowest BCUT2D eigenvalue weighted by Gasteiger charge is -2.36. The van der Waals surface area contributed by atoms with Crippen LogP contribution >= 0.6 is 0 Å². The van der Waals surface area contributed by atoms with Gasteiger partial charge in [-0.25, -0.2) is 4.98 Å². The third-order valence-electron chi connectivity index (χ3n) is 5.57. The number of oxazole rings is 1. The van der Waals surface area contributed by atoms with Crippen LogP contribution in [-0.4, -0.2) is 70.9 Å². The van der Waals surface area contributed by atoms with E-state index in [-0.39, 0.29) is 24.3 Å². The van der Waals surface area contributed by atoms with Crippen molar-refractivity contribution in [2.45, 2.75) is 32.6 Å². The normalized spacial score (nSPS) is 20.8. The van der Waals surface area contributed by atoms with Gasteiger partial charge in [0.25, 0.3) is 6.01 Å². The second kappa shape index (κ2) is 8.16. The molecule has 2 aromatic rings. The van der Waals surface area contributed by atoms with E-state index >= 15 is 0 Å². The molecule has 2 saturated heterocycles. The Balaban J connectivity index is 1.35. The topological polar surface area (TPSA) is 82.8 Å². The van der Waals surface area contributed by atoms with E-state index in [1.54, 1.807) is 11.1 Å². The third kappa shape index (κ3) is 3.95. The van der Waals surface area contributed by atoms with E-state index in [4.69, 9.17) is 4.42 Å². The zero-order valence-electron chi connectivity index (χ0n) is 16.3. The summed E-state index contributed by atoms with van der Waals surface area (Å²) in [5, 5.41) is 0. The highest BCUT2D eigenvalue weighted by Crippen LogP contribution is 2.27. The van der Waals surface area contributed by atoms with Crippen molar-refractivity contribution < 1.29 is 14.0 Å². The SMILES string of the molecule is CCCN1CCN(C(=O)CC2CCCN(c3nc4ncccc4o3)C2)CC1=O. The minimum atomic E-state index is 0.0608. The number of pyridine rings is 1. The highest BCUT2D eigenvalue weighted by Gasteiger charge is 2.30. The first kappa shape index (κ1) is 18.7. The van der Waals surface area contributed by atoms with Gasteiger partial charge in [0.2, 0.25) is 17.5 Å². The number of piperazine rings is 1. The average Bonchev–Trinajstić information content (AvgIpc) is 3.14. The lowest BCUT2D eigenvalue weighted by Crippen LogP contribution is -2.52. The van der Waals surface area contributed by atoms with Gasteiger partial charge in [-0.1, -0.05) is 6.92 Å². The zero-order chi connectivity index (χ0) is 19.5. The largest absolute Gasteiger partial charge is 0.422 e. The Morgan fingerprint density at radius 1 is 1.32 bits per heavy atom. The quantitative estimate of drug-likeness (QED) is 0.782. The lowest BCUT2D eigenvalue weighted by molar-refractivity contribution is -0.145. The Kier molecular flexibility index (Phi) is 5.45. The molecule has 150 valence electrons. The zero-order valence-corrected chi connectivity index (χ0v) is 16.3. The van der Waals surface area contributed by atoms with Crippen LogP contribution in [-0.2, 0) is 9.59 Å². The number of aromatic nitrogens is 2. The molecule has 4 rings (SSSR count). The summed E-state index contributed by atoms with van der Waals surface area (Å²) in [6.07, 6.45) is 5.12. The highest BCUT2D eigenvalue weighted by atomic mass is 16.4. The molecule has 0 N–H and O–H groups in total. The number of fused-ring (bicyclic) bond motifs is 1. The molecule has 2 aromatic heterocycles. The number of carbonyl (C=O) groups excluding carboxylic acids is 2. The third-order valence-corrected chi connectivity index (χ3v) is 5.57. The van der Waals surface area contributed by atoms with Crippen molar-refractivity contribution >= 4 is 29.1 Å². The van der Waals surface area contributed by atoms with Crippen molar-refractivity contribution in [3.63, 3.8) is 0 Å². The number of hydrogen-bond donors (Lipinski definition) is 0. The summed E-state index contributed by atoms with van der Waals surface area (Å²) in [6.45, 7) is 5.94. The van der Waals surface area contributed by atoms with Gasteiger partial charge >= 0.3 is 0 Å². The summed E-state index contributed by atoms with van der Waals surface area (Å²) in [7, 11) is 0. The number of nitrogens with zero attached hydrogens (tertiary/aromatic N) is 5. The molecule has 1 unspecified atom stereocenters. The minimum absolute atomic E-state index is 0.0608. The maximum absolute atomic E-state index is 12.7. The van der Waals surface area contributed by atoms with Crippen LogP contribution in [0.2, 0.25) is 0 Å². The fourth-order valence-electron chi connectivity index (χ4n) is 4.10. The van der Waals surface area contributed by atoms with Gasteiger partial charge in [-0.2, -0.15) is 4.98 Å². The highest BCUT2D eigenvalue weighted by molar-refractivity contribution is 5.86. The second-order valence-electron chi connectivity index (χ2n) is 7.68.